The summed E-state index contributed by atoms with van der Waals surface area (Å²) in [4.78, 5) is 12.8. The minimum atomic E-state index is -0.174. The Labute approximate surface area is 153 Å². The number of halogens is 1. The van der Waals surface area contributed by atoms with E-state index in [1.807, 2.05) is 24.3 Å². The van der Waals surface area contributed by atoms with Crippen molar-refractivity contribution in [2.75, 3.05) is 45.2 Å². The number of nitrogens with one attached hydrogen (secondary N) is 1. The summed E-state index contributed by atoms with van der Waals surface area (Å²) in [6, 6.07) is 10.8. The molecule has 1 N–H and O–H groups in total. The van der Waals surface area contributed by atoms with Gasteiger partial charge in [-0.1, -0.05) is 18.2 Å². The van der Waals surface area contributed by atoms with Gasteiger partial charge < -0.3 is 19.9 Å². The molecule has 0 saturated carbocycles. The number of para-hydroxylation sites is 1. The monoisotopic (exact) mass is 357 g/mol. The first kappa shape index (κ1) is 18.0. The summed E-state index contributed by atoms with van der Waals surface area (Å²) in [5, 5.41) is 3.36. The van der Waals surface area contributed by atoms with Crippen LogP contribution in [0.4, 0.5) is 10.1 Å². The number of pyridine rings is 1. The summed E-state index contributed by atoms with van der Waals surface area (Å²) < 4.78 is 19.3. The number of aliphatic imine (C=N–C) groups is 1. The average Bonchev–Trinajstić information content (AvgIpc) is 2.70. The van der Waals surface area contributed by atoms with Crippen LogP contribution < -0.4 is 15.0 Å². The van der Waals surface area contributed by atoms with E-state index in [2.05, 4.69) is 25.1 Å². The predicted octanol–water partition coefficient (Wildman–Crippen LogP) is 2.13. The van der Waals surface area contributed by atoms with E-state index in [9.17, 15) is 4.39 Å². The van der Waals surface area contributed by atoms with E-state index >= 15 is 0 Å². The van der Waals surface area contributed by atoms with Crippen LogP contribution in [0.25, 0.3) is 0 Å². The number of piperazine rings is 1. The van der Waals surface area contributed by atoms with E-state index in [0.29, 0.717) is 18.1 Å². The third kappa shape index (κ3) is 4.04. The molecule has 1 aromatic heterocycles. The van der Waals surface area contributed by atoms with Crippen LogP contribution >= 0.6 is 0 Å². The molecule has 0 radical (unpaired) electrons. The zero-order chi connectivity index (χ0) is 18.4. The van der Waals surface area contributed by atoms with Crippen molar-refractivity contribution in [2.24, 2.45) is 4.99 Å². The molecule has 1 aromatic carbocycles. The number of benzene rings is 1. The van der Waals surface area contributed by atoms with Gasteiger partial charge in [0.1, 0.15) is 5.82 Å². The SMILES string of the molecule is CN=C(NCc1cccnc1OC)N1CCN(c2ccccc2F)CC1. The van der Waals surface area contributed by atoms with Crippen LogP contribution in [0.1, 0.15) is 5.56 Å². The van der Waals surface area contributed by atoms with Gasteiger partial charge in [0.15, 0.2) is 5.96 Å². The Hall–Kier alpha value is -2.83. The van der Waals surface area contributed by atoms with Crippen LogP contribution in [-0.2, 0) is 6.54 Å². The summed E-state index contributed by atoms with van der Waals surface area (Å²) in [5.74, 6) is 1.26. The third-order valence-electron chi connectivity index (χ3n) is 4.46. The fourth-order valence-electron chi connectivity index (χ4n) is 3.12. The first-order chi connectivity index (χ1) is 12.7. The number of guanidine groups is 1. The fourth-order valence-corrected chi connectivity index (χ4v) is 3.12. The highest BCUT2D eigenvalue weighted by atomic mass is 19.1. The number of aromatic nitrogens is 1. The predicted molar refractivity (Wildman–Crippen MR) is 101 cm³/mol. The Morgan fingerprint density at radius 2 is 1.96 bits per heavy atom. The molecule has 0 unspecified atom stereocenters. The molecular weight excluding hydrogens is 333 g/mol. The molecule has 6 nitrogen and oxygen atoms in total. The first-order valence-electron chi connectivity index (χ1n) is 8.66. The standard InChI is InChI=1S/C19H24FN5O/c1-21-19(23-14-15-6-5-9-22-18(15)26-2)25-12-10-24(11-13-25)17-8-4-3-7-16(17)20/h3-9H,10-14H2,1-2H3,(H,21,23). The van der Waals surface area contributed by atoms with Gasteiger partial charge in [-0.25, -0.2) is 9.37 Å². The quantitative estimate of drug-likeness (QED) is 0.671. The smallest absolute Gasteiger partial charge is 0.218 e. The van der Waals surface area contributed by atoms with Gasteiger partial charge in [-0.05, 0) is 18.2 Å². The van der Waals surface area contributed by atoms with Gasteiger partial charge in [0.25, 0.3) is 0 Å². The molecule has 0 bridgehead atoms. The summed E-state index contributed by atoms with van der Waals surface area (Å²) in [7, 11) is 3.38. The van der Waals surface area contributed by atoms with Crippen molar-refractivity contribution in [3.63, 3.8) is 0 Å². The molecule has 138 valence electrons. The topological polar surface area (TPSA) is 53.0 Å². The average molecular weight is 357 g/mol. The summed E-state index contributed by atoms with van der Waals surface area (Å²) in [6.07, 6.45) is 1.71. The highest BCUT2D eigenvalue weighted by Gasteiger charge is 2.21. The molecule has 0 amide bonds. The van der Waals surface area contributed by atoms with Crippen molar-refractivity contribution in [2.45, 2.75) is 6.54 Å². The summed E-state index contributed by atoms with van der Waals surface area (Å²) in [6.45, 7) is 3.63. The van der Waals surface area contributed by atoms with Crippen LogP contribution in [0.3, 0.4) is 0 Å². The Balaban J connectivity index is 1.58. The third-order valence-corrected chi connectivity index (χ3v) is 4.46. The maximum Gasteiger partial charge on any atom is 0.218 e. The minimum Gasteiger partial charge on any atom is -0.481 e. The van der Waals surface area contributed by atoms with E-state index < -0.39 is 0 Å². The van der Waals surface area contributed by atoms with Crippen molar-refractivity contribution in [3.8, 4) is 5.88 Å². The first-order valence-corrected chi connectivity index (χ1v) is 8.66. The fraction of sp³-hybridized carbons (Fsp3) is 0.368. The summed E-state index contributed by atoms with van der Waals surface area (Å²) >= 11 is 0. The molecule has 0 aliphatic carbocycles. The Bertz CT molecular complexity index is 759. The summed E-state index contributed by atoms with van der Waals surface area (Å²) in [5.41, 5.74) is 1.64. The number of methoxy groups -OCH3 is 1. The van der Waals surface area contributed by atoms with Crippen LogP contribution in [0.2, 0.25) is 0 Å². The molecule has 1 saturated heterocycles. The second kappa shape index (κ2) is 8.51. The van der Waals surface area contributed by atoms with E-state index in [0.717, 1.165) is 37.7 Å². The number of hydrogen-bond donors (Lipinski definition) is 1. The van der Waals surface area contributed by atoms with Crippen LogP contribution in [0, 0.1) is 5.82 Å². The molecule has 2 aromatic rings. The maximum atomic E-state index is 14.0. The van der Waals surface area contributed by atoms with Gasteiger partial charge in [-0.15, -0.1) is 0 Å². The lowest BCUT2D eigenvalue weighted by molar-refractivity contribution is 0.368. The van der Waals surface area contributed by atoms with Gasteiger partial charge in [-0.2, -0.15) is 0 Å². The van der Waals surface area contributed by atoms with Crippen LogP contribution in [0.5, 0.6) is 5.88 Å². The highest BCUT2D eigenvalue weighted by molar-refractivity contribution is 5.80. The molecule has 26 heavy (non-hydrogen) atoms. The van der Waals surface area contributed by atoms with E-state index in [4.69, 9.17) is 4.74 Å². The molecule has 1 aliphatic rings. The molecule has 1 fully saturated rings. The molecule has 1 aliphatic heterocycles. The van der Waals surface area contributed by atoms with Gasteiger partial charge in [-0.3, -0.25) is 4.99 Å². The van der Waals surface area contributed by atoms with Crippen molar-refractivity contribution in [1.29, 1.82) is 0 Å². The number of ether oxygens (including phenoxy) is 1. The van der Waals surface area contributed by atoms with Crippen molar-refractivity contribution in [1.82, 2.24) is 15.2 Å². The van der Waals surface area contributed by atoms with Crippen molar-refractivity contribution in [3.05, 3.63) is 54.0 Å². The van der Waals surface area contributed by atoms with E-state index in [1.54, 1.807) is 26.4 Å². The van der Waals surface area contributed by atoms with E-state index in [1.165, 1.54) is 6.07 Å². The highest BCUT2D eigenvalue weighted by Crippen LogP contribution is 2.20. The molecule has 2 heterocycles. The molecular formula is C19H24FN5O. The lowest BCUT2D eigenvalue weighted by Gasteiger charge is -2.37. The Kier molecular flexibility index (Phi) is 5.88. The molecule has 3 rings (SSSR count). The van der Waals surface area contributed by atoms with E-state index in [-0.39, 0.29) is 5.82 Å². The van der Waals surface area contributed by atoms with Gasteiger partial charge in [0.05, 0.1) is 12.8 Å². The zero-order valence-electron chi connectivity index (χ0n) is 15.2. The minimum absolute atomic E-state index is 0.174. The number of nitrogens with zero attached hydrogens (tertiary/aromatic N) is 4. The second-order valence-corrected chi connectivity index (χ2v) is 6.00. The molecule has 0 atom stereocenters. The number of rotatable bonds is 4. The number of anilines is 1. The lowest BCUT2D eigenvalue weighted by Crippen LogP contribution is -2.52. The van der Waals surface area contributed by atoms with Crippen LogP contribution in [0.15, 0.2) is 47.6 Å². The van der Waals surface area contributed by atoms with Crippen molar-refractivity contribution >= 4 is 11.6 Å². The molecule has 0 spiro atoms. The largest absolute Gasteiger partial charge is 0.481 e. The Morgan fingerprint density at radius 1 is 1.19 bits per heavy atom. The zero-order valence-corrected chi connectivity index (χ0v) is 15.2. The Morgan fingerprint density at radius 3 is 2.65 bits per heavy atom. The maximum absolute atomic E-state index is 14.0. The van der Waals surface area contributed by atoms with Gasteiger partial charge in [0.2, 0.25) is 5.88 Å². The molecule has 7 heteroatoms. The number of hydrogen-bond acceptors (Lipinski definition) is 4. The second-order valence-electron chi connectivity index (χ2n) is 6.00. The lowest BCUT2D eigenvalue weighted by atomic mass is 10.2. The van der Waals surface area contributed by atoms with Gasteiger partial charge >= 0.3 is 0 Å². The van der Waals surface area contributed by atoms with Crippen molar-refractivity contribution < 1.29 is 9.13 Å². The normalized spacial score (nSPS) is 15.1. The van der Waals surface area contributed by atoms with Crippen LogP contribution in [-0.4, -0.2) is 56.2 Å². The van der Waals surface area contributed by atoms with Gasteiger partial charge in [0, 0.05) is 51.5 Å².